The fourth-order valence-corrected chi connectivity index (χ4v) is 2.64. The monoisotopic (exact) mass is 261 g/mol. The van der Waals surface area contributed by atoms with Crippen LogP contribution in [0.3, 0.4) is 0 Å². The maximum absolute atomic E-state index is 5.86. The van der Waals surface area contributed by atoms with E-state index in [1.807, 2.05) is 0 Å². The molecule has 2 rings (SSSR count). The summed E-state index contributed by atoms with van der Waals surface area (Å²) >= 11 is 0. The summed E-state index contributed by atoms with van der Waals surface area (Å²) in [5.74, 6) is 2.51. The first-order valence-corrected chi connectivity index (χ1v) is 7.73. The van der Waals surface area contributed by atoms with E-state index in [4.69, 9.17) is 4.74 Å². The highest BCUT2D eigenvalue weighted by molar-refractivity contribution is 5.29. The lowest BCUT2D eigenvalue weighted by atomic mass is 9.95. The van der Waals surface area contributed by atoms with Gasteiger partial charge in [-0.25, -0.2) is 0 Å². The highest BCUT2D eigenvalue weighted by Gasteiger charge is 2.12. The molecule has 1 aliphatic rings. The molecule has 2 heteroatoms. The van der Waals surface area contributed by atoms with Crippen LogP contribution in [-0.4, -0.2) is 19.7 Å². The second-order valence-corrected chi connectivity index (χ2v) is 5.71. The summed E-state index contributed by atoms with van der Waals surface area (Å²) in [6.07, 6.45) is 4.98. The summed E-state index contributed by atoms with van der Waals surface area (Å²) in [5.41, 5.74) is 1.41. The van der Waals surface area contributed by atoms with Crippen LogP contribution in [0.25, 0.3) is 0 Å². The molecule has 1 aliphatic heterocycles. The number of hydrogen-bond donors (Lipinski definition) is 1. The molecule has 0 amide bonds. The Morgan fingerprint density at radius 1 is 1.21 bits per heavy atom. The van der Waals surface area contributed by atoms with Crippen molar-refractivity contribution in [3.63, 3.8) is 0 Å². The summed E-state index contributed by atoms with van der Waals surface area (Å²) in [4.78, 5) is 0. The molecule has 1 fully saturated rings. The first-order valence-electron chi connectivity index (χ1n) is 7.73. The van der Waals surface area contributed by atoms with E-state index in [1.54, 1.807) is 0 Å². The van der Waals surface area contributed by atoms with Gasteiger partial charge in [0.15, 0.2) is 0 Å². The van der Waals surface area contributed by atoms with Crippen LogP contribution < -0.4 is 10.1 Å². The summed E-state index contributed by atoms with van der Waals surface area (Å²) in [5, 5.41) is 3.40. The number of hydrogen-bond acceptors (Lipinski definition) is 2. The lowest BCUT2D eigenvalue weighted by Crippen LogP contribution is -2.28. The SMILES string of the molecule is CCC(C)c1ccc(OCCC2CCNCC2)cc1. The Balaban J connectivity index is 1.73. The molecular weight excluding hydrogens is 234 g/mol. The summed E-state index contributed by atoms with van der Waals surface area (Å²) < 4.78 is 5.86. The molecule has 0 bridgehead atoms. The first kappa shape index (κ1) is 14.4. The normalized spacial score (nSPS) is 18.2. The topological polar surface area (TPSA) is 21.3 Å². The van der Waals surface area contributed by atoms with Gasteiger partial charge in [-0.2, -0.15) is 0 Å². The van der Waals surface area contributed by atoms with E-state index < -0.39 is 0 Å². The van der Waals surface area contributed by atoms with Gasteiger partial charge in [0.05, 0.1) is 6.61 Å². The Hall–Kier alpha value is -1.02. The van der Waals surface area contributed by atoms with Gasteiger partial charge in [-0.3, -0.25) is 0 Å². The minimum Gasteiger partial charge on any atom is -0.494 e. The number of piperidine rings is 1. The average molecular weight is 261 g/mol. The Morgan fingerprint density at radius 3 is 2.53 bits per heavy atom. The van der Waals surface area contributed by atoms with Crippen LogP contribution in [0.5, 0.6) is 5.75 Å². The third-order valence-electron chi connectivity index (χ3n) is 4.32. The number of nitrogens with one attached hydrogen (secondary N) is 1. The molecule has 19 heavy (non-hydrogen) atoms. The number of rotatable bonds is 6. The van der Waals surface area contributed by atoms with Gasteiger partial charge in [0.25, 0.3) is 0 Å². The van der Waals surface area contributed by atoms with Gasteiger partial charge >= 0.3 is 0 Å². The molecule has 2 nitrogen and oxygen atoms in total. The maximum Gasteiger partial charge on any atom is 0.119 e. The molecule has 0 aromatic heterocycles. The molecule has 1 aromatic carbocycles. The van der Waals surface area contributed by atoms with Crippen LogP contribution in [0.1, 0.15) is 51.0 Å². The first-order chi connectivity index (χ1) is 9.29. The van der Waals surface area contributed by atoms with E-state index in [-0.39, 0.29) is 0 Å². The van der Waals surface area contributed by atoms with E-state index in [0.29, 0.717) is 5.92 Å². The van der Waals surface area contributed by atoms with Gasteiger partial charge < -0.3 is 10.1 Å². The third kappa shape index (κ3) is 4.54. The Bertz CT molecular complexity index is 354. The second-order valence-electron chi connectivity index (χ2n) is 5.71. The lowest BCUT2D eigenvalue weighted by molar-refractivity contribution is 0.252. The minimum absolute atomic E-state index is 0.642. The van der Waals surface area contributed by atoms with Crippen LogP contribution in [0.2, 0.25) is 0 Å². The van der Waals surface area contributed by atoms with E-state index >= 15 is 0 Å². The predicted molar refractivity (Wildman–Crippen MR) is 80.9 cm³/mol. The van der Waals surface area contributed by atoms with E-state index in [0.717, 1.165) is 18.3 Å². The maximum atomic E-state index is 5.86. The number of benzene rings is 1. The van der Waals surface area contributed by atoms with Crippen molar-refractivity contribution in [3.8, 4) is 5.75 Å². The lowest BCUT2D eigenvalue weighted by Gasteiger charge is -2.22. The van der Waals surface area contributed by atoms with Crippen LogP contribution in [0.4, 0.5) is 0 Å². The molecule has 1 unspecified atom stereocenters. The van der Waals surface area contributed by atoms with Crippen LogP contribution in [0.15, 0.2) is 24.3 Å². The molecule has 1 N–H and O–H groups in total. The largest absolute Gasteiger partial charge is 0.494 e. The third-order valence-corrected chi connectivity index (χ3v) is 4.32. The summed E-state index contributed by atoms with van der Waals surface area (Å²) in [7, 11) is 0. The predicted octanol–water partition coefficient (Wildman–Crippen LogP) is 3.97. The highest BCUT2D eigenvalue weighted by atomic mass is 16.5. The van der Waals surface area contributed by atoms with Gasteiger partial charge in [0, 0.05) is 0 Å². The molecule has 0 saturated carbocycles. The van der Waals surface area contributed by atoms with Gasteiger partial charge in [-0.1, -0.05) is 26.0 Å². The van der Waals surface area contributed by atoms with Crippen LogP contribution in [-0.2, 0) is 0 Å². The van der Waals surface area contributed by atoms with E-state index in [2.05, 4.69) is 43.4 Å². The molecule has 1 saturated heterocycles. The van der Waals surface area contributed by atoms with Gasteiger partial charge in [0.2, 0.25) is 0 Å². The Morgan fingerprint density at radius 2 is 1.89 bits per heavy atom. The fraction of sp³-hybridized carbons (Fsp3) is 0.647. The molecule has 1 atom stereocenters. The molecule has 0 spiro atoms. The van der Waals surface area contributed by atoms with Gasteiger partial charge in [0.1, 0.15) is 5.75 Å². The quantitative estimate of drug-likeness (QED) is 0.836. The van der Waals surface area contributed by atoms with Crippen molar-refractivity contribution < 1.29 is 4.74 Å². The zero-order valence-corrected chi connectivity index (χ0v) is 12.3. The van der Waals surface area contributed by atoms with Crippen molar-refractivity contribution in [1.82, 2.24) is 5.32 Å². The van der Waals surface area contributed by atoms with Crippen molar-refractivity contribution in [2.75, 3.05) is 19.7 Å². The van der Waals surface area contributed by atoms with Gasteiger partial charge in [-0.15, -0.1) is 0 Å². The molecule has 0 aliphatic carbocycles. The van der Waals surface area contributed by atoms with Crippen molar-refractivity contribution in [2.45, 2.75) is 45.4 Å². The molecule has 0 radical (unpaired) electrons. The fourth-order valence-electron chi connectivity index (χ4n) is 2.64. The zero-order chi connectivity index (χ0) is 13.5. The van der Waals surface area contributed by atoms with Crippen LogP contribution >= 0.6 is 0 Å². The zero-order valence-electron chi connectivity index (χ0n) is 12.3. The van der Waals surface area contributed by atoms with E-state index in [9.17, 15) is 0 Å². The van der Waals surface area contributed by atoms with E-state index in [1.165, 1.54) is 44.3 Å². The Kier molecular flexibility index (Phi) is 5.71. The molecule has 1 aromatic rings. The second kappa shape index (κ2) is 7.54. The van der Waals surface area contributed by atoms with Crippen molar-refractivity contribution in [1.29, 1.82) is 0 Å². The van der Waals surface area contributed by atoms with Crippen molar-refractivity contribution >= 4 is 0 Å². The van der Waals surface area contributed by atoms with Gasteiger partial charge in [-0.05, 0) is 68.3 Å². The molecule has 1 heterocycles. The van der Waals surface area contributed by atoms with Crippen molar-refractivity contribution in [2.24, 2.45) is 5.92 Å². The summed E-state index contributed by atoms with van der Waals surface area (Å²) in [6, 6.07) is 8.63. The number of ether oxygens (including phenoxy) is 1. The van der Waals surface area contributed by atoms with Crippen LogP contribution in [0, 0.1) is 5.92 Å². The summed E-state index contributed by atoms with van der Waals surface area (Å²) in [6.45, 7) is 7.71. The Labute approximate surface area is 117 Å². The van der Waals surface area contributed by atoms with Crippen molar-refractivity contribution in [3.05, 3.63) is 29.8 Å². The average Bonchev–Trinajstić information content (AvgIpc) is 2.48. The highest BCUT2D eigenvalue weighted by Crippen LogP contribution is 2.22. The minimum atomic E-state index is 0.642. The molecule has 106 valence electrons. The smallest absolute Gasteiger partial charge is 0.119 e. The molecular formula is C17H27NO. The standard InChI is InChI=1S/C17H27NO/c1-3-14(2)16-4-6-17(7-5-16)19-13-10-15-8-11-18-12-9-15/h4-7,14-15,18H,3,8-13H2,1-2H3.